The number of benzene rings is 2. The van der Waals surface area contributed by atoms with Crippen LogP contribution in [0.2, 0.25) is 5.02 Å². The summed E-state index contributed by atoms with van der Waals surface area (Å²) in [5.74, 6) is -1.34. The average molecular weight is 431 g/mol. The van der Waals surface area contributed by atoms with Gasteiger partial charge in [-0.2, -0.15) is 0 Å². The van der Waals surface area contributed by atoms with Crippen LogP contribution >= 0.6 is 11.6 Å². The number of aryl methyl sites for hydroxylation is 2. The van der Waals surface area contributed by atoms with Crippen molar-refractivity contribution in [2.75, 3.05) is 11.9 Å². The highest BCUT2D eigenvalue weighted by molar-refractivity contribution is 6.30. The van der Waals surface area contributed by atoms with Crippen molar-refractivity contribution in [1.29, 1.82) is 0 Å². The molecule has 1 aliphatic heterocycles. The van der Waals surface area contributed by atoms with Crippen LogP contribution in [0, 0.1) is 24.0 Å². The van der Waals surface area contributed by atoms with Crippen LogP contribution < -0.4 is 10.6 Å². The summed E-state index contributed by atoms with van der Waals surface area (Å²) in [5, 5.41) is 16.8. The summed E-state index contributed by atoms with van der Waals surface area (Å²) < 4.78 is 0. The molecular formula is C20H19ClN4O5. The first-order valence-electron chi connectivity index (χ1n) is 8.98. The molecule has 1 aliphatic rings. The average Bonchev–Trinajstić information content (AvgIpc) is 2.88. The van der Waals surface area contributed by atoms with Crippen LogP contribution in [0.1, 0.15) is 23.6 Å². The minimum absolute atomic E-state index is 0.000571. The van der Waals surface area contributed by atoms with E-state index in [0.29, 0.717) is 16.1 Å². The SMILES string of the molecule is Cc1cc(NC(=O)CN2C(=O)N[C@](C)(c3ccc(Cl)cc3)C2=O)c([N+](=O)[O-])cc1C. The quantitative estimate of drug-likeness (QED) is 0.428. The Hall–Kier alpha value is -3.46. The third-order valence-electron chi connectivity index (χ3n) is 5.08. The Morgan fingerprint density at radius 2 is 1.80 bits per heavy atom. The van der Waals surface area contributed by atoms with Gasteiger partial charge in [-0.1, -0.05) is 23.7 Å². The molecule has 1 saturated heterocycles. The lowest BCUT2D eigenvalue weighted by Gasteiger charge is -2.22. The van der Waals surface area contributed by atoms with Crippen molar-refractivity contribution in [3.05, 3.63) is 68.2 Å². The molecule has 2 aromatic carbocycles. The van der Waals surface area contributed by atoms with Gasteiger partial charge in [0.05, 0.1) is 4.92 Å². The molecule has 30 heavy (non-hydrogen) atoms. The normalized spacial score (nSPS) is 18.3. The Morgan fingerprint density at radius 1 is 1.20 bits per heavy atom. The summed E-state index contributed by atoms with van der Waals surface area (Å²) in [6.45, 7) is 4.42. The van der Waals surface area contributed by atoms with Gasteiger partial charge in [0.1, 0.15) is 17.8 Å². The van der Waals surface area contributed by atoms with E-state index in [2.05, 4.69) is 10.6 Å². The maximum Gasteiger partial charge on any atom is 0.325 e. The molecular weight excluding hydrogens is 412 g/mol. The first kappa shape index (κ1) is 21.3. The Bertz CT molecular complexity index is 1070. The number of urea groups is 1. The molecule has 0 saturated carbocycles. The lowest BCUT2D eigenvalue weighted by molar-refractivity contribution is -0.384. The third-order valence-corrected chi connectivity index (χ3v) is 5.33. The van der Waals surface area contributed by atoms with E-state index >= 15 is 0 Å². The lowest BCUT2D eigenvalue weighted by Crippen LogP contribution is -2.42. The number of nitrogens with zero attached hydrogens (tertiary/aromatic N) is 2. The van der Waals surface area contributed by atoms with Crippen molar-refractivity contribution in [3.63, 3.8) is 0 Å². The number of hydrogen-bond acceptors (Lipinski definition) is 5. The van der Waals surface area contributed by atoms with Crippen LogP contribution in [0.25, 0.3) is 0 Å². The second-order valence-electron chi connectivity index (χ2n) is 7.21. The standard InChI is InChI=1S/C20H19ClN4O5/c1-11-8-15(16(25(29)30)9-12(11)2)22-17(26)10-24-18(27)20(3,23-19(24)28)13-4-6-14(21)7-5-13/h4-9H,10H2,1-3H3,(H,22,26)(H,23,28)/t20-/m1/s1. The number of carbonyl (C=O) groups is 3. The predicted octanol–water partition coefficient (Wildman–Crippen LogP) is 3.27. The topological polar surface area (TPSA) is 122 Å². The van der Waals surface area contributed by atoms with Gasteiger partial charge in [-0.3, -0.25) is 24.6 Å². The number of hydrogen-bond donors (Lipinski definition) is 2. The molecule has 10 heteroatoms. The lowest BCUT2D eigenvalue weighted by atomic mass is 9.92. The maximum atomic E-state index is 12.9. The number of anilines is 1. The van der Waals surface area contributed by atoms with E-state index in [-0.39, 0.29) is 11.4 Å². The number of halogens is 1. The number of nitro groups is 1. The zero-order chi connectivity index (χ0) is 22.2. The summed E-state index contributed by atoms with van der Waals surface area (Å²) >= 11 is 5.88. The zero-order valence-electron chi connectivity index (χ0n) is 16.5. The summed E-state index contributed by atoms with van der Waals surface area (Å²) in [6, 6.07) is 8.52. The van der Waals surface area contributed by atoms with Crippen LogP contribution in [0.5, 0.6) is 0 Å². The van der Waals surface area contributed by atoms with E-state index in [1.807, 2.05) is 0 Å². The highest BCUT2D eigenvalue weighted by Crippen LogP contribution is 2.30. The first-order chi connectivity index (χ1) is 14.0. The Labute approximate surface area is 177 Å². The van der Waals surface area contributed by atoms with Gasteiger partial charge in [0, 0.05) is 11.1 Å². The van der Waals surface area contributed by atoms with Crippen LogP contribution in [0.4, 0.5) is 16.2 Å². The molecule has 3 rings (SSSR count). The van der Waals surface area contributed by atoms with E-state index in [1.54, 1.807) is 38.1 Å². The molecule has 2 aromatic rings. The highest BCUT2D eigenvalue weighted by atomic mass is 35.5. The monoisotopic (exact) mass is 430 g/mol. The molecule has 0 spiro atoms. The number of amides is 4. The van der Waals surface area contributed by atoms with Crippen molar-refractivity contribution in [2.24, 2.45) is 0 Å². The molecule has 1 atom stereocenters. The van der Waals surface area contributed by atoms with E-state index < -0.39 is 34.9 Å². The smallest absolute Gasteiger partial charge is 0.319 e. The molecule has 0 aromatic heterocycles. The Morgan fingerprint density at radius 3 is 2.40 bits per heavy atom. The van der Waals surface area contributed by atoms with Gasteiger partial charge in [0.15, 0.2) is 0 Å². The number of imide groups is 1. The van der Waals surface area contributed by atoms with E-state index in [4.69, 9.17) is 11.6 Å². The molecule has 156 valence electrons. The van der Waals surface area contributed by atoms with Gasteiger partial charge in [0.25, 0.3) is 11.6 Å². The fourth-order valence-corrected chi connectivity index (χ4v) is 3.33. The summed E-state index contributed by atoms with van der Waals surface area (Å²) in [7, 11) is 0. The largest absolute Gasteiger partial charge is 0.325 e. The molecule has 9 nitrogen and oxygen atoms in total. The van der Waals surface area contributed by atoms with E-state index in [0.717, 1.165) is 10.5 Å². The van der Waals surface area contributed by atoms with Gasteiger partial charge < -0.3 is 10.6 Å². The predicted molar refractivity (Wildman–Crippen MR) is 110 cm³/mol. The van der Waals surface area contributed by atoms with Crippen molar-refractivity contribution in [2.45, 2.75) is 26.3 Å². The summed E-state index contributed by atoms with van der Waals surface area (Å²) in [4.78, 5) is 49.3. The van der Waals surface area contributed by atoms with Crippen molar-refractivity contribution >= 4 is 40.8 Å². The van der Waals surface area contributed by atoms with Crippen LogP contribution in [-0.4, -0.2) is 34.2 Å². The second-order valence-corrected chi connectivity index (χ2v) is 7.65. The second kappa shape index (κ2) is 7.75. The fourth-order valence-electron chi connectivity index (χ4n) is 3.20. The third kappa shape index (κ3) is 3.84. The van der Waals surface area contributed by atoms with Gasteiger partial charge in [0.2, 0.25) is 5.91 Å². The minimum Gasteiger partial charge on any atom is -0.319 e. The number of nitrogens with one attached hydrogen (secondary N) is 2. The van der Waals surface area contributed by atoms with Crippen LogP contribution in [0.15, 0.2) is 36.4 Å². The molecule has 0 unspecified atom stereocenters. The van der Waals surface area contributed by atoms with Crippen molar-refractivity contribution in [3.8, 4) is 0 Å². The number of rotatable bonds is 5. The number of carbonyl (C=O) groups excluding carboxylic acids is 3. The molecule has 0 bridgehead atoms. The van der Waals surface area contributed by atoms with Crippen molar-refractivity contribution < 1.29 is 19.3 Å². The molecule has 1 heterocycles. The molecule has 0 aliphatic carbocycles. The van der Waals surface area contributed by atoms with Crippen LogP contribution in [0.3, 0.4) is 0 Å². The van der Waals surface area contributed by atoms with Crippen LogP contribution in [-0.2, 0) is 15.1 Å². The molecule has 4 amide bonds. The highest BCUT2D eigenvalue weighted by Gasteiger charge is 2.49. The molecule has 2 N–H and O–H groups in total. The molecule has 1 fully saturated rings. The minimum atomic E-state index is -1.35. The molecule has 0 radical (unpaired) electrons. The fraction of sp³-hybridized carbons (Fsp3) is 0.250. The maximum absolute atomic E-state index is 12.9. The zero-order valence-corrected chi connectivity index (χ0v) is 17.2. The van der Waals surface area contributed by atoms with Gasteiger partial charge in [-0.05, 0) is 55.7 Å². The van der Waals surface area contributed by atoms with E-state index in [1.165, 1.54) is 19.1 Å². The Kier molecular flexibility index (Phi) is 5.49. The van der Waals surface area contributed by atoms with Crippen molar-refractivity contribution in [1.82, 2.24) is 10.2 Å². The van der Waals surface area contributed by atoms with Gasteiger partial charge >= 0.3 is 6.03 Å². The van der Waals surface area contributed by atoms with Gasteiger partial charge in [-0.15, -0.1) is 0 Å². The first-order valence-corrected chi connectivity index (χ1v) is 9.36. The van der Waals surface area contributed by atoms with Gasteiger partial charge in [-0.25, -0.2) is 4.79 Å². The summed E-state index contributed by atoms with van der Waals surface area (Å²) in [6.07, 6.45) is 0. The summed E-state index contributed by atoms with van der Waals surface area (Å²) in [5.41, 5.74) is 0.343. The Balaban J connectivity index is 1.80. The van der Waals surface area contributed by atoms with E-state index in [9.17, 15) is 24.5 Å². The number of nitro benzene ring substituents is 1.